The van der Waals surface area contributed by atoms with E-state index in [2.05, 4.69) is 83.3 Å². The van der Waals surface area contributed by atoms with Crippen molar-refractivity contribution in [1.29, 1.82) is 0 Å². The summed E-state index contributed by atoms with van der Waals surface area (Å²) in [7, 11) is 0. The number of ether oxygens (including phenoxy) is 4. The van der Waals surface area contributed by atoms with E-state index in [-0.39, 0.29) is 27.7 Å². The molecule has 1 aliphatic rings. The van der Waals surface area contributed by atoms with E-state index in [1.54, 1.807) is 11.8 Å². The van der Waals surface area contributed by atoms with Crippen LogP contribution in [0.15, 0.2) is 126 Å². The predicted octanol–water partition coefficient (Wildman–Crippen LogP) is 7.69. The van der Waals surface area contributed by atoms with Gasteiger partial charge in [0, 0.05) is 4.90 Å². The first-order valence-corrected chi connectivity index (χ1v) is 15.3. The van der Waals surface area contributed by atoms with Crippen molar-refractivity contribution in [3.05, 3.63) is 138 Å². The van der Waals surface area contributed by atoms with Gasteiger partial charge in [0.15, 0.2) is 0 Å². The van der Waals surface area contributed by atoms with Gasteiger partial charge in [0.25, 0.3) is 0 Å². The topological polar surface area (TPSA) is 36.9 Å². The highest BCUT2D eigenvalue weighted by Gasteiger charge is 2.47. The number of halogens is 1. The second-order valence-electron chi connectivity index (χ2n) is 9.44. The fraction of sp³-hybridized carbons (Fsp3) is 0.273. The Balaban J connectivity index is 1.37. The fourth-order valence-electron chi connectivity index (χ4n) is 4.52. The summed E-state index contributed by atoms with van der Waals surface area (Å²) in [6.45, 7) is 1.92. The molecular formula is C33H33IO4S. The smallest absolute Gasteiger partial charge is 0.122 e. The Morgan fingerprint density at radius 1 is 0.590 bits per heavy atom. The van der Waals surface area contributed by atoms with E-state index in [1.807, 2.05) is 60.7 Å². The molecule has 5 atom stereocenters. The quantitative estimate of drug-likeness (QED) is 0.116. The molecule has 4 aromatic carbocycles. The van der Waals surface area contributed by atoms with Crippen molar-refractivity contribution >= 4 is 34.4 Å². The van der Waals surface area contributed by atoms with Crippen LogP contribution in [0.1, 0.15) is 16.7 Å². The van der Waals surface area contributed by atoms with Crippen molar-refractivity contribution in [3.63, 3.8) is 0 Å². The Hall–Kier alpha value is -2.20. The zero-order valence-corrected chi connectivity index (χ0v) is 24.7. The third-order valence-corrected chi connectivity index (χ3v) is 9.56. The molecule has 39 heavy (non-hydrogen) atoms. The summed E-state index contributed by atoms with van der Waals surface area (Å²) in [4.78, 5) is 1.17. The maximum absolute atomic E-state index is 6.75. The molecular weight excluding hydrogens is 619 g/mol. The lowest BCUT2D eigenvalue weighted by Gasteiger charge is -2.44. The molecule has 0 spiro atoms. The second kappa shape index (κ2) is 15.0. The third-order valence-electron chi connectivity index (χ3n) is 6.53. The molecule has 4 nitrogen and oxygen atoms in total. The largest absolute Gasteiger partial charge is 0.374 e. The summed E-state index contributed by atoms with van der Waals surface area (Å²) in [6, 6.07) is 41.2. The Kier molecular flexibility index (Phi) is 10.9. The lowest BCUT2D eigenvalue weighted by molar-refractivity contribution is -0.199. The van der Waals surface area contributed by atoms with Crippen LogP contribution in [0.2, 0.25) is 0 Å². The predicted molar refractivity (Wildman–Crippen MR) is 165 cm³/mol. The van der Waals surface area contributed by atoms with Gasteiger partial charge in [-0.2, -0.15) is 0 Å². The molecule has 0 aromatic heterocycles. The van der Waals surface area contributed by atoms with Crippen molar-refractivity contribution < 1.29 is 18.9 Å². The molecule has 0 saturated carbocycles. The summed E-state index contributed by atoms with van der Waals surface area (Å²) in [5, 5.41) is 0. The third kappa shape index (κ3) is 8.39. The first-order chi connectivity index (χ1) is 19.3. The van der Waals surface area contributed by atoms with Gasteiger partial charge in [-0.1, -0.05) is 144 Å². The number of thioether (sulfide) groups is 1. The molecule has 1 fully saturated rings. The lowest BCUT2D eigenvalue weighted by atomic mass is 10.0. The normalized spacial score (nSPS) is 22.9. The Morgan fingerprint density at radius 3 is 1.59 bits per heavy atom. The van der Waals surface area contributed by atoms with Crippen LogP contribution in [0.4, 0.5) is 0 Å². The van der Waals surface area contributed by atoms with Crippen molar-refractivity contribution in [2.24, 2.45) is 0 Å². The highest BCUT2D eigenvalue weighted by atomic mass is 127. The molecule has 0 amide bonds. The molecule has 0 bridgehead atoms. The molecule has 0 N–H and O–H groups in total. The van der Waals surface area contributed by atoms with Gasteiger partial charge in [0.1, 0.15) is 23.7 Å². The van der Waals surface area contributed by atoms with Crippen molar-refractivity contribution in [1.82, 2.24) is 0 Å². The number of benzene rings is 4. The van der Waals surface area contributed by atoms with Crippen LogP contribution < -0.4 is 0 Å². The second-order valence-corrected chi connectivity index (χ2v) is 12.1. The molecule has 0 aliphatic carbocycles. The lowest BCUT2D eigenvalue weighted by Crippen LogP contribution is -2.57. The summed E-state index contributed by atoms with van der Waals surface area (Å²) >= 11 is 4.21. The summed E-state index contributed by atoms with van der Waals surface area (Å²) in [5.74, 6) is 0. The van der Waals surface area contributed by atoms with Gasteiger partial charge in [-0.15, -0.1) is 0 Å². The Labute approximate surface area is 249 Å². The van der Waals surface area contributed by atoms with Crippen molar-refractivity contribution in [2.75, 3.05) is 6.61 Å². The highest BCUT2D eigenvalue weighted by molar-refractivity contribution is 14.1. The number of hydrogen-bond acceptors (Lipinski definition) is 5. The van der Waals surface area contributed by atoms with Crippen LogP contribution in [0.25, 0.3) is 0 Å². The fourth-order valence-corrected chi connectivity index (χ4v) is 6.81. The molecule has 4 aromatic rings. The molecule has 0 unspecified atom stereocenters. The van der Waals surface area contributed by atoms with Crippen LogP contribution in [0.5, 0.6) is 0 Å². The SMILES string of the molecule is I[C@@H]1[C@H](OCc2ccccc2)[C@H](OCc2ccccc2)[C@@H](COCc2ccccc2)O[C@H]1Sc1ccccc1. The van der Waals surface area contributed by atoms with E-state index >= 15 is 0 Å². The van der Waals surface area contributed by atoms with Crippen LogP contribution in [0.3, 0.4) is 0 Å². The minimum Gasteiger partial charge on any atom is -0.374 e. The van der Waals surface area contributed by atoms with E-state index in [0.29, 0.717) is 26.4 Å². The molecule has 5 rings (SSSR count). The molecule has 0 radical (unpaired) electrons. The summed E-state index contributed by atoms with van der Waals surface area (Å²) < 4.78 is 26.3. The zero-order chi connectivity index (χ0) is 26.7. The van der Waals surface area contributed by atoms with E-state index in [9.17, 15) is 0 Å². The molecule has 1 saturated heterocycles. The van der Waals surface area contributed by atoms with Crippen LogP contribution in [0, 0.1) is 0 Å². The maximum atomic E-state index is 6.75. The first-order valence-electron chi connectivity index (χ1n) is 13.2. The molecule has 202 valence electrons. The number of alkyl halides is 1. The van der Waals surface area contributed by atoms with E-state index in [4.69, 9.17) is 18.9 Å². The molecule has 6 heteroatoms. The van der Waals surface area contributed by atoms with E-state index in [0.717, 1.165) is 16.7 Å². The summed E-state index contributed by atoms with van der Waals surface area (Å²) in [6.07, 6.45) is -0.764. The summed E-state index contributed by atoms with van der Waals surface area (Å²) in [5.41, 5.74) is 3.28. The van der Waals surface area contributed by atoms with Gasteiger partial charge in [0.2, 0.25) is 0 Å². The van der Waals surface area contributed by atoms with Gasteiger partial charge in [-0.05, 0) is 28.8 Å². The van der Waals surface area contributed by atoms with E-state index < -0.39 is 0 Å². The van der Waals surface area contributed by atoms with Gasteiger partial charge in [-0.3, -0.25) is 0 Å². The highest BCUT2D eigenvalue weighted by Crippen LogP contribution is 2.40. The molecule has 1 aliphatic heterocycles. The number of rotatable bonds is 12. The average molecular weight is 653 g/mol. The van der Waals surface area contributed by atoms with Gasteiger partial charge in [0.05, 0.1) is 30.4 Å². The maximum Gasteiger partial charge on any atom is 0.122 e. The van der Waals surface area contributed by atoms with Crippen LogP contribution in [-0.4, -0.2) is 34.3 Å². The first kappa shape index (κ1) is 28.3. The van der Waals surface area contributed by atoms with Crippen LogP contribution in [-0.2, 0) is 38.8 Å². The molecule has 1 heterocycles. The van der Waals surface area contributed by atoms with E-state index in [1.165, 1.54) is 4.90 Å². The van der Waals surface area contributed by atoms with Crippen molar-refractivity contribution in [2.45, 2.75) is 52.4 Å². The number of hydrogen-bond donors (Lipinski definition) is 0. The average Bonchev–Trinajstić information content (AvgIpc) is 2.99. The Bertz CT molecular complexity index is 1230. The Morgan fingerprint density at radius 2 is 1.05 bits per heavy atom. The minimum atomic E-state index is -0.292. The van der Waals surface area contributed by atoms with Gasteiger partial charge < -0.3 is 18.9 Å². The zero-order valence-electron chi connectivity index (χ0n) is 21.7. The van der Waals surface area contributed by atoms with Gasteiger partial charge >= 0.3 is 0 Å². The van der Waals surface area contributed by atoms with Gasteiger partial charge in [-0.25, -0.2) is 0 Å². The standard InChI is InChI=1S/C33H33IO4S/c34-30-32(37-23-27-17-9-3-10-18-27)31(36-22-26-15-7-2-8-16-26)29(24-35-21-25-13-5-1-6-14-25)38-33(30)39-28-19-11-4-12-20-28/h1-20,29-33H,21-24H2/t29-,30-,31-,32+,33+/m1/s1. The monoisotopic (exact) mass is 652 g/mol. The van der Waals surface area contributed by atoms with Crippen LogP contribution >= 0.6 is 34.4 Å². The minimum absolute atomic E-state index is 0.0580. The van der Waals surface area contributed by atoms with Crippen molar-refractivity contribution in [3.8, 4) is 0 Å².